The van der Waals surface area contributed by atoms with Gasteiger partial charge in [-0.25, -0.2) is 8.78 Å². The Morgan fingerprint density at radius 2 is 1.90 bits per heavy atom. The standard InChI is InChI=1S/C21H22F2N2O4/c22-20-11-24(10-14-5-7-28-8-6-14)19(27)21(20,23)13-25(12-20)18(26)17-9-15-3-1-2-4-16(15)29-17/h1-4,9,14H,5-8,10-13H2/t20-,21-/m1/s1. The Kier molecular flexibility index (Phi) is 4.17. The van der Waals surface area contributed by atoms with Crippen LogP contribution in [-0.4, -0.2) is 72.3 Å². The zero-order chi connectivity index (χ0) is 20.2. The molecule has 1 aromatic carbocycles. The van der Waals surface area contributed by atoms with E-state index in [1.54, 1.807) is 24.3 Å². The van der Waals surface area contributed by atoms with Crippen LogP contribution in [0, 0.1) is 5.92 Å². The lowest BCUT2D eigenvalue weighted by molar-refractivity contribution is -0.139. The fourth-order valence-corrected chi connectivity index (χ4v) is 4.72. The van der Waals surface area contributed by atoms with Gasteiger partial charge in [-0.1, -0.05) is 18.2 Å². The minimum Gasteiger partial charge on any atom is -0.451 e. The Labute approximate surface area is 166 Å². The van der Waals surface area contributed by atoms with Gasteiger partial charge < -0.3 is 19.0 Å². The number of carbonyl (C=O) groups is 2. The number of benzene rings is 1. The van der Waals surface area contributed by atoms with Crippen molar-refractivity contribution in [2.45, 2.75) is 24.2 Å². The second-order valence-electron chi connectivity index (χ2n) is 8.32. The highest BCUT2D eigenvalue weighted by molar-refractivity contribution is 5.98. The molecule has 154 valence electrons. The first-order valence-electron chi connectivity index (χ1n) is 9.92. The smallest absolute Gasteiger partial charge is 0.289 e. The van der Waals surface area contributed by atoms with Crippen molar-refractivity contribution in [3.05, 3.63) is 36.1 Å². The van der Waals surface area contributed by atoms with E-state index in [2.05, 4.69) is 0 Å². The molecule has 0 unspecified atom stereocenters. The van der Waals surface area contributed by atoms with Crippen molar-refractivity contribution >= 4 is 22.8 Å². The first kappa shape index (κ1) is 18.5. The molecule has 3 fully saturated rings. The highest BCUT2D eigenvalue weighted by atomic mass is 19.2. The van der Waals surface area contributed by atoms with Gasteiger partial charge in [0, 0.05) is 25.1 Å². The Balaban J connectivity index is 1.33. The number of ether oxygens (including phenoxy) is 1. The van der Waals surface area contributed by atoms with E-state index in [0.717, 1.165) is 23.1 Å². The molecule has 2 atom stereocenters. The van der Waals surface area contributed by atoms with Crippen molar-refractivity contribution in [3.63, 3.8) is 0 Å². The number of fused-ring (bicyclic) bond motifs is 2. The minimum absolute atomic E-state index is 0.0184. The lowest BCUT2D eigenvalue weighted by atomic mass is 9.93. The molecule has 1 aromatic heterocycles. The van der Waals surface area contributed by atoms with E-state index < -0.39 is 36.2 Å². The molecule has 2 amide bonds. The van der Waals surface area contributed by atoms with Crippen molar-refractivity contribution in [2.75, 3.05) is 39.4 Å². The van der Waals surface area contributed by atoms with Crippen LogP contribution >= 0.6 is 0 Å². The first-order valence-corrected chi connectivity index (χ1v) is 9.92. The molecule has 3 aliphatic rings. The summed E-state index contributed by atoms with van der Waals surface area (Å²) < 4.78 is 42.0. The number of para-hydroxylation sites is 1. The van der Waals surface area contributed by atoms with Gasteiger partial charge in [0.1, 0.15) is 5.58 Å². The van der Waals surface area contributed by atoms with Gasteiger partial charge in [-0.15, -0.1) is 0 Å². The molecule has 3 saturated heterocycles. The zero-order valence-corrected chi connectivity index (χ0v) is 15.9. The number of halogens is 2. The molecular weight excluding hydrogens is 382 g/mol. The molecule has 0 N–H and O–H groups in total. The lowest BCUT2D eigenvalue weighted by Crippen LogP contribution is -2.48. The summed E-state index contributed by atoms with van der Waals surface area (Å²) in [5.74, 6) is -1.25. The summed E-state index contributed by atoms with van der Waals surface area (Å²) in [7, 11) is 0. The Morgan fingerprint density at radius 1 is 1.14 bits per heavy atom. The summed E-state index contributed by atoms with van der Waals surface area (Å²) >= 11 is 0. The van der Waals surface area contributed by atoms with E-state index in [0.29, 0.717) is 25.3 Å². The van der Waals surface area contributed by atoms with Gasteiger partial charge in [0.15, 0.2) is 11.4 Å². The maximum absolute atomic E-state index is 15.6. The molecule has 0 aliphatic carbocycles. The molecule has 29 heavy (non-hydrogen) atoms. The quantitative estimate of drug-likeness (QED) is 0.789. The third-order valence-electron chi connectivity index (χ3n) is 6.37. The number of rotatable bonds is 3. The number of nitrogens with zero attached hydrogens (tertiary/aromatic N) is 2. The van der Waals surface area contributed by atoms with Crippen molar-refractivity contribution in [1.82, 2.24) is 9.80 Å². The van der Waals surface area contributed by atoms with E-state index in [1.807, 2.05) is 6.07 Å². The summed E-state index contributed by atoms with van der Waals surface area (Å²) in [6.45, 7) is 0.153. The monoisotopic (exact) mass is 404 g/mol. The van der Waals surface area contributed by atoms with Gasteiger partial charge in [-0.2, -0.15) is 0 Å². The molecule has 5 rings (SSSR count). The van der Waals surface area contributed by atoms with Crippen molar-refractivity contribution < 1.29 is 27.5 Å². The van der Waals surface area contributed by atoms with E-state index in [1.165, 1.54) is 4.90 Å². The fourth-order valence-electron chi connectivity index (χ4n) is 4.72. The van der Waals surface area contributed by atoms with Gasteiger partial charge in [-0.3, -0.25) is 9.59 Å². The summed E-state index contributed by atoms with van der Waals surface area (Å²) in [5, 5.41) is 0.735. The molecule has 0 saturated carbocycles. The van der Waals surface area contributed by atoms with Crippen molar-refractivity contribution in [1.29, 1.82) is 0 Å². The van der Waals surface area contributed by atoms with Crippen molar-refractivity contribution in [2.24, 2.45) is 5.92 Å². The average molecular weight is 404 g/mol. The van der Waals surface area contributed by atoms with E-state index in [4.69, 9.17) is 9.15 Å². The second kappa shape index (κ2) is 6.52. The first-order chi connectivity index (χ1) is 13.9. The van der Waals surface area contributed by atoms with Crippen LogP contribution in [0.3, 0.4) is 0 Å². The van der Waals surface area contributed by atoms with Crippen LogP contribution in [0.1, 0.15) is 23.4 Å². The normalized spacial score (nSPS) is 30.3. The SMILES string of the molecule is O=C(c1cc2ccccc2o1)N1C[C@]2(F)CN(CC3CCOCC3)C(=O)[C@]2(F)C1. The van der Waals surface area contributed by atoms with Gasteiger partial charge in [0.05, 0.1) is 19.6 Å². The van der Waals surface area contributed by atoms with E-state index in [9.17, 15) is 9.59 Å². The number of amides is 2. The van der Waals surface area contributed by atoms with Crippen LogP contribution < -0.4 is 0 Å². The number of hydrogen-bond acceptors (Lipinski definition) is 4. The van der Waals surface area contributed by atoms with Gasteiger partial charge in [0.2, 0.25) is 5.67 Å². The van der Waals surface area contributed by atoms with Crippen molar-refractivity contribution in [3.8, 4) is 0 Å². The van der Waals surface area contributed by atoms with Gasteiger partial charge in [0.25, 0.3) is 11.8 Å². The Bertz CT molecular complexity index is 939. The summed E-state index contributed by atoms with van der Waals surface area (Å²) in [4.78, 5) is 27.9. The third kappa shape index (κ3) is 2.84. The van der Waals surface area contributed by atoms with Crippen LogP contribution in [0.2, 0.25) is 0 Å². The molecule has 0 radical (unpaired) electrons. The molecule has 3 aliphatic heterocycles. The van der Waals surface area contributed by atoms with Crippen LogP contribution in [0.25, 0.3) is 11.0 Å². The molecule has 2 aromatic rings. The topological polar surface area (TPSA) is 63.0 Å². The number of furan rings is 1. The summed E-state index contributed by atoms with van der Waals surface area (Å²) in [6, 6.07) is 8.65. The summed E-state index contributed by atoms with van der Waals surface area (Å²) in [5.41, 5.74) is -4.59. The molecule has 0 spiro atoms. The van der Waals surface area contributed by atoms with Crippen LogP contribution in [-0.2, 0) is 9.53 Å². The number of alkyl halides is 2. The number of carbonyl (C=O) groups excluding carboxylic acids is 2. The Hall–Kier alpha value is -2.48. The number of hydrogen-bond donors (Lipinski definition) is 0. The fraction of sp³-hybridized carbons (Fsp3) is 0.524. The zero-order valence-electron chi connectivity index (χ0n) is 15.9. The second-order valence-corrected chi connectivity index (χ2v) is 8.32. The molecule has 6 nitrogen and oxygen atoms in total. The third-order valence-corrected chi connectivity index (χ3v) is 6.37. The average Bonchev–Trinajstić information content (AvgIpc) is 3.31. The lowest BCUT2D eigenvalue weighted by Gasteiger charge is -2.28. The van der Waals surface area contributed by atoms with Crippen LogP contribution in [0.5, 0.6) is 0 Å². The van der Waals surface area contributed by atoms with Gasteiger partial charge >= 0.3 is 0 Å². The minimum atomic E-state index is -2.71. The largest absolute Gasteiger partial charge is 0.451 e. The van der Waals surface area contributed by atoms with E-state index >= 15 is 8.78 Å². The van der Waals surface area contributed by atoms with Crippen LogP contribution in [0.4, 0.5) is 8.78 Å². The Morgan fingerprint density at radius 3 is 2.62 bits per heavy atom. The van der Waals surface area contributed by atoms with Crippen LogP contribution in [0.15, 0.2) is 34.7 Å². The molecule has 8 heteroatoms. The highest BCUT2D eigenvalue weighted by Gasteiger charge is 2.71. The maximum atomic E-state index is 15.6. The van der Waals surface area contributed by atoms with E-state index in [-0.39, 0.29) is 18.2 Å². The molecule has 0 bridgehead atoms. The predicted octanol–water partition coefficient (Wildman–Crippen LogP) is 2.57. The predicted molar refractivity (Wildman–Crippen MR) is 99.9 cm³/mol. The number of likely N-dealkylation sites (tertiary alicyclic amines) is 2. The van der Waals surface area contributed by atoms with Gasteiger partial charge in [-0.05, 0) is 30.9 Å². The maximum Gasteiger partial charge on any atom is 0.289 e. The summed E-state index contributed by atoms with van der Waals surface area (Å²) in [6.07, 6.45) is 1.55. The highest BCUT2D eigenvalue weighted by Crippen LogP contribution is 2.46. The molecule has 4 heterocycles. The molecular formula is C21H22F2N2O4.